The van der Waals surface area contributed by atoms with E-state index in [1.165, 1.54) is 0 Å². The van der Waals surface area contributed by atoms with Crippen molar-refractivity contribution in [2.45, 2.75) is 13.3 Å². The monoisotopic (exact) mass is 161 g/mol. The summed E-state index contributed by atoms with van der Waals surface area (Å²) in [5.74, 6) is -0.661. The topological polar surface area (TPSA) is 78.6 Å². The molecule has 0 unspecified atom stereocenters. The number of hydrogen-bond donors (Lipinski definition) is 1. The fourth-order valence-electron chi connectivity index (χ4n) is 0.409. The van der Waals surface area contributed by atoms with Gasteiger partial charge in [0.05, 0.1) is 13.0 Å². The van der Waals surface area contributed by atoms with Crippen LogP contribution >= 0.6 is 0 Å². The van der Waals surface area contributed by atoms with Crippen LogP contribution in [0.4, 0.5) is 4.79 Å². The molecule has 0 aromatic heterocycles. The van der Waals surface area contributed by atoms with Gasteiger partial charge in [0, 0.05) is 6.54 Å². The van der Waals surface area contributed by atoms with E-state index in [9.17, 15) is 9.59 Å². The molecule has 0 radical (unpaired) electrons. The van der Waals surface area contributed by atoms with Crippen molar-refractivity contribution >= 4 is 12.1 Å². The summed E-state index contributed by atoms with van der Waals surface area (Å²) in [4.78, 5) is 20.9. The third kappa shape index (κ3) is 5.35. The van der Waals surface area contributed by atoms with Gasteiger partial charge in [0.2, 0.25) is 0 Å². The van der Waals surface area contributed by atoms with Gasteiger partial charge < -0.3 is 15.2 Å². The molecular formula is C6H11NO4. The van der Waals surface area contributed by atoms with E-state index in [4.69, 9.17) is 5.73 Å². The number of nitrogens with two attached hydrogens (primary N) is 1. The van der Waals surface area contributed by atoms with E-state index in [1.807, 2.05) is 0 Å². The molecule has 0 aliphatic carbocycles. The quantitative estimate of drug-likeness (QED) is 0.466. The minimum atomic E-state index is -0.967. The molecule has 0 aliphatic heterocycles. The maximum atomic E-state index is 10.5. The predicted octanol–water partition coefficient (Wildman–Crippen LogP) is 0.0349. The molecule has 0 rings (SSSR count). The van der Waals surface area contributed by atoms with E-state index in [0.717, 1.165) is 0 Å². The Morgan fingerprint density at radius 2 is 2.09 bits per heavy atom. The molecule has 64 valence electrons. The second kappa shape index (κ2) is 5.67. The van der Waals surface area contributed by atoms with Crippen LogP contribution in [0.3, 0.4) is 0 Å². The Balaban J connectivity index is 3.49. The molecule has 0 saturated heterocycles. The smallest absolute Gasteiger partial charge is 0.434 e. The second-order valence-corrected chi connectivity index (χ2v) is 1.70. The zero-order chi connectivity index (χ0) is 8.69. The number of hydrogen-bond acceptors (Lipinski definition) is 5. The first-order chi connectivity index (χ1) is 5.20. The summed E-state index contributed by atoms with van der Waals surface area (Å²) >= 11 is 0. The molecule has 0 saturated carbocycles. The van der Waals surface area contributed by atoms with Crippen LogP contribution < -0.4 is 5.73 Å². The lowest BCUT2D eigenvalue weighted by molar-refractivity contribution is -0.139. The third-order valence-corrected chi connectivity index (χ3v) is 0.808. The molecular weight excluding hydrogens is 150 g/mol. The standard InChI is InChI=1S/C6H11NO4/c1-2-10-6(9)11-5(8)3-4-7/h2-4,7H2,1H3. The number of carbonyl (C=O) groups is 2. The van der Waals surface area contributed by atoms with E-state index in [2.05, 4.69) is 9.47 Å². The summed E-state index contributed by atoms with van der Waals surface area (Å²) in [6.07, 6.45) is -0.940. The molecule has 0 aromatic carbocycles. The number of rotatable bonds is 3. The van der Waals surface area contributed by atoms with Crippen LogP contribution in [0.15, 0.2) is 0 Å². The van der Waals surface area contributed by atoms with Crippen LogP contribution in [0, 0.1) is 0 Å². The molecule has 0 bridgehead atoms. The maximum Gasteiger partial charge on any atom is 0.516 e. The van der Waals surface area contributed by atoms with Crippen LogP contribution in [0.2, 0.25) is 0 Å². The Morgan fingerprint density at radius 1 is 1.45 bits per heavy atom. The van der Waals surface area contributed by atoms with Gasteiger partial charge in [0.1, 0.15) is 0 Å². The summed E-state index contributed by atoms with van der Waals surface area (Å²) < 4.78 is 8.49. The molecule has 0 aliphatic rings. The SMILES string of the molecule is CCOC(=O)OC(=O)CCN. The van der Waals surface area contributed by atoms with Gasteiger partial charge in [0.25, 0.3) is 0 Å². The highest BCUT2D eigenvalue weighted by Crippen LogP contribution is 1.88. The molecule has 0 heterocycles. The van der Waals surface area contributed by atoms with Crippen molar-refractivity contribution < 1.29 is 19.1 Å². The average molecular weight is 161 g/mol. The van der Waals surface area contributed by atoms with E-state index in [-0.39, 0.29) is 19.6 Å². The molecule has 0 amide bonds. The predicted molar refractivity (Wildman–Crippen MR) is 36.8 cm³/mol. The largest absolute Gasteiger partial charge is 0.516 e. The second-order valence-electron chi connectivity index (χ2n) is 1.70. The summed E-state index contributed by atoms with van der Waals surface area (Å²) in [6.45, 7) is 1.97. The Morgan fingerprint density at radius 3 is 2.55 bits per heavy atom. The van der Waals surface area contributed by atoms with E-state index in [1.54, 1.807) is 6.92 Å². The summed E-state index contributed by atoms with van der Waals surface area (Å²) in [7, 11) is 0. The minimum Gasteiger partial charge on any atom is -0.434 e. The molecule has 5 heteroatoms. The first-order valence-electron chi connectivity index (χ1n) is 3.28. The van der Waals surface area contributed by atoms with E-state index in [0.29, 0.717) is 0 Å². The van der Waals surface area contributed by atoms with Crippen molar-refractivity contribution in [1.82, 2.24) is 0 Å². The van der Waals surface area contributed by atoms with Gasteiger partial charge in [-0.15, -0.1) is 0 Å². The number of esters is 1. The van der Waals surface area contributed by atoms with Crippen LogP contribution in [-0.2, 0) is 14.3 Å². The lowest BCUT2D eigenvalue weighted by atomic mass is 10.4. The Kier molecular flexibility index (Phi) is 5.10. The van der Waals surface area contributed by atoms with Crippen molar-refractivity contribution in [3.8, 4) is 0 Å². The summed E-state index contributed by atoms with van der Waals surface area (Å²) in [5.41, 5.74) is 5.03. The Hall–Kier alpha value is -1.10. The Labute approximate surface area is 64.5 Å². The zero-order valence-electron chi connectivity index (χ0n) is 6.33. The van der Waals surface area contributed by atoms with Crippen molar-refractivity contribution in [3.05, 3.63) is 0 Å². The highest BCUT2D eigenvalue weighted by Gasteiger charge is 2.08. The summed E-state index contributed by atoms with van der Waals surface area (Å²) in [6, 6.07) is 0. The molecule has 0 atom stereocenters. The first kappa shape index (κ1) is 9.90. The molecule has 11 heavy (non-hydrogen) atoms. The summed E-state index contributed by atoms with van der Waals surface area (Å²) in [5, 5.41) is 0. The van der Waals surface area contributed by atoms with Crippen LogP contribution in [-0.4, -0.2) is 25.3 Å². The van der Waals surface area contributed by atoms with Crippen LogP contribution in [0.25, 0.3) is 0 Å². The van der Waals surface area contributed by atoms with Gasteiger partial charge in [-0.05, 0) is 6.92 Å². The van der Waals surface area contributed by atoms with Gasteiger partial charge in [-0.1, -0.05) is 0 Å². The number of carbonyl (C=O) groups excluding carboxylic acids is 2. The van der Waals surface area contributed by atoms with Crippen molar-refractivity contribution in [2.24, 2.45) is 5.73 Å². The fourth-order valence-corrected chi connectivity index (χ4v) is 0.409. The van der Waals surface area contributed by atoms with E-state index < -0.39 is 12.1 Å². The lowest BCUT2D eigenvalue weighted by Crippen LogP contribution is -2.16. The molecule has 2 N–H and O–H groups in total. The normalized spacial score (nSPS) is 8.91. The van der Waals surface area contributed by atoms with Crippen LogP contribution in [0.5, 0.6) is 0 Å². The molecule has 0 spiro atoms. The average Bonchev–Trinajstić information content (AvgIpc) is 1.87. The van der Waals surface area contributed by atoms with Crippen molar-refractivity contribution in [3.63, 3.8) is 0 Å². The highest BCUT2D eigenvalue weighted by molar-refractivity contribution is 5.81. The highest BCUT2D eigenvalue weighted by atomic mass is 16.7. The van der Waals surface area contributed by atoms with Gasteiger partial charge >= 0.3 is 12.1 Å². The first-order valence-corrected chi connectivity index (χ1v) is 3.28. The minimum absolute atomic E-state index is 0.0266. The van der Waals surface area contributed by atoms with Crippen molar-refractivity contribution in [2.75, 3.05) is 13.2 Å². The Bertz CT molecular complexity index is 130. The third-order valence-electron chi connectivity index (χ3n) is 0.808. The lowest BCUT2D eigenvalue weighted by Gasteiger charge is -2.00. The maximum absolute atomic E-state index is 10.5. The fraction of sp³-hybridized carbons (Fsp3) is 0.667. The zero-order valence-corrected chi connectivity index (χ0v) is 6.33. The van der Waals surface area contributed by atoms with Gasteiger partial charge in [-0.3, -0.25) is 4.79 Å². The molecule has 0 aromatic rings. The molecule has 5 nitrogen and oxygen atoms in total. The van der Waals surface area contributed by atoms with Gasteiger partial charge in [-0.25, -0.2) is 4.79 Å². The number of ether oxygens (including phenoxy) is 2. The van der Waals surface area contributed by atoms with E-state index >= 15 is 0 Å². The van der Waals surface area contributed by atoms with Crippen LogP contribution in [0.1, 0.15) is 13.3 Å². The molecule has 0 fully saturated rings. The van der Waals surface area contributed by atoms with Gasteiger partial charge in [-0.2, -0.15) is 0 Å². The van der Waals surface area contributed by atoms with Gasteiger partial charge in [0.15, 0.2) is 0 Å². The van der Waals surface area contributed by atoms with Crippen molar-refractivity contribution in [1.29, 1.82) is 0 Å².